The highest BCUT2D eigenvalue weighted by Gasteiger charge is 2.46. The lowest BCUT2D eigenvalue weighted by Gasteiger charge is -2.30. The smallest absolute Gasteiger partial charge is 0.112 e. The maximum Gasteiger partial charge on any atom is 0.112 e. The van der Waals surface area contributed by atoms with Gasteiger partial charge in [-0.1, -0.05) is 61.5 Å². The summed E-state index contributed by atoms with van der Waals surface area (Å²) in [6.07, 6.45) is 0.637. The SMILES string of the molecule is C[C@H](O)[C@H](C)C[P+](c1ccccc1)(c1ccccc1)c1ccccc1.[I-]. The Bertz CT molecular complexity index is 678. The van der Waals surface area contributed by atoms with Crippen LogP contribution in [0.4, 0.5) is 0 Å². The largest absolute Gasteiger partial charge is 1.00 e. The molecule has 3 heteroatoms. The molecular weight excluding hydrogens is 450 g/mol. The highest BCUT2D eigenvalue weighted by molar-refractivity contribution is 7.95. The van der Waals surface area contributed by atoms with E-state index < -0.39 is 7.26 Å². The zero-order valence-electron chi connectivity index (χ0n) is 15.3. The standard InChI is InChI=1S/C23H26OP.HI/c1-19(20(2)24)18-25(21-12-6-3-7-13-21,22-14-8-4-9-15-22)23-16-10-5-11-17-23;/h3-17,19-20,24H,18H2,1-2H3;1H/q+1;/p-1/t19-,20+;/m1./s1. The molecule has 0 saturated heterocycles. The summed E-state index contributed by atoms with van der Waals surface area (Å²) < 4.78 is 0. The van der Waals surface area contributed by atoms with Crippen molar-refractivity contribution in [2.45, 2.75) is 20.0 Å². The average molecular weight is 476 g/mol. The molecule has 136 valence electrons. The Hall–Kier alpha value is -1.22. The van der Waals surface area contributed by atoms with Crippen LogP contribution in [0.25, 0.3) is 0 Å². The predicted molar refractivity (Wildman–Crippen MR) is 111 cm³/mol. The van der Waals surface area contributed by atoms with Crippen LogP contribution >= 0.6 is 7.26 Å². The van der Waals surface area contributed by atoms with E-state index in [1.54, 1.807) is 0 Å². The van der Waals surface area contributed by atoms with E-state index in [2.05, 4.69) is 97.9 Å². The number of aliphatic hydroxyl groups excluding tert-OH is 1. The molecule has 1 nitrogen and oxygen atoms in total. The Morgan fingerprint density at radius 1 is 0.654 bits per heavy atom. The van der Waals surface area contributed by atoms with Crippen molar-refractivity contribution in [2.75, 3.05) is 6.16 Å². The van der Waals surface area contributed by atoms with E-state index in [0.717, 1.165) is 6.16 Å². The summed E-state index contributed by atoms with van der Waals surface area (Å²) in [7, 11) is -1.82. The molecule has 0 amide bonds. The Kier molecular flexibility index (Phi) is 7.82. The second kappa shape index (κ2) is 9.64. The highest BCUT2D eigenvalue weighted by Crippen LogP contribution is 2.56. The maximum absolute atomic E-state index is 10.2. The van der Waals surface area contributed by atoms with Crippen molar-refractivity contribution in [1.82, 2.24) is 0 Å². The summed E-state index contributed by atoms with van der Waals surface area (Å²) in [5.74, 6) is 0.217. The van der Waals surface area contributed by atoms with Gasteiger partial charge in [-0.05, 0) is 43.3 Å². The van der Waals surface area contributed by atoms with E-state index in [4.69, 9.17) is 0 Å². The molecule has 0 saturated carbocycles. The van der Waals surface area contributed by atoms with Gasteiger partial charge in [-0.2, -0.15) is 0 Å². The molecule has 26 heavy (non-hydrogen) atoms. The molecule has 3 rings (SSSR count). The fraction of sp³-hybridized carbons (Fsp3) is 0.217. The topological polar surface area (TPSA) is 20.2 Å². The van der Waals surface area contributed by atoms with Gasteiger partial charge >= 0.3 is 0 Å². The van der Waals surface area contributed by atoms with Gasteiger partial charge in [-0.3, -0.25) is 0 Å². The first-order valence-corrected chi connectivity index (χ1v) is 10.8. The van der Waals surface area contributed by atoms with Gasteiger partial charge in [-0.25, -0.2) is 0 Å². The van der Waals surface area contributed by atoms with Gasteiger partial charge in [0.1, 0.15) is 23.2 Å². The summed E-state index contributed by atoms with van der Waals surface area (Å²) in [4.78, 5) is 0. The first-order valence-electron chi connectivity index (χ1n) is 8.87. The summed E-state index contributed by atoms with van der Waals surface area (Å²) in [5.41, 5.74) is 0. The fourth-order valence-corrected chi connectivity index (χ4v) is 8.13. The van der Waals surface area contributed by atoms with Crippen molar-refractivity contribution >= 4 is 23.2 Å². The van der Waals surface area contributed by atoms with E-state index in [0.29, 0.717) is 0 Å². The van der Waals surface area contributed by atoms with E-state index in [1.165, 1.54) is 15.9 Å². The third-order valence-electron chi connectivity index (χ3n) is 4.98. The minimum Gasteiger partial charge on any atom is -1.00 e. The number of hydrogen-bond donors (Lipinski definition) is 1. The average Bonchev–Trinajstić information content (AvgIpc) is 2.68. The number of halogens is 1. The third-order valence-corrected chi connectivity index (χ3v) is 9.64. The van der Waals surface area contributed by atoms with Gasteiger partial charge in [0.25, 0.3) is 0 Å². The number of hydrogen-bond acceptors (Lipinski definition) is 1. The maximum atomic E-state index is 10.2. The number of benzene rings is 3. The summed E-state index contributed by atoms with van der Waals surface area (Å²) in [6, 6.07) is 32.5. The molecule has 0 heterocycles. The van der Waals surface area contributed by atoms with Gasteiger partial charge in [0.2, 0.25) is 0 Å². The molecule has 0 bridgehead atoms. The van der Waals surface area contributed by atoms with Crippen LogP contribution < -0.4 is 39.9 Å². The van der Waals surface area contributed by atoms with Crippen molar-refractivity contribution in [3.8, 4) is 0 Å². The normalized spacial score (nSPS) is 13.5. The van der Waals surface area contributed by atoms with Crippen LogP contribution in [0.5, 0.6) is 0 Å². The van der Waals surface area contributed by atoms with Crippen LogP contribution in [-0.4, -0.2) is 17.4 Å². The van der Waals surface area contributed by atoms with Gasteiger partial charge in [0, 0.05) is 5.92 Å². The zero-order chi connectivity index (χ0) is 17.7. The lowest BCUT2D eigenvalue weighted by Crippen LogP contribution is -3.00. The van der Waals surface area contributed by atoms with E-state index in [9.17, 15) is 5.11 Å². The highest BCUT2D eigenvalue weighted by atomic mass is 127. The van der Waals surface area contributed by atoms with Crippen molar-refractivity contribution in [2.24, 2.45) is 5.92 Å². The third kappa shape index (κ3) is 4.36. The van der Waals surface area contributed by atoms with Gasteiger partial charge in [-0.15, -0.1) is 0 Å². The summed E-state index contributed by atoms with van der Waals surface area (Å²) >= 11 is 0. The summed E-state index contributed by atoms with van der Waals surface area (Å²) in [6.45, 7) is 4.06. The summed E-state index contributed by atoms with van der Waals surface area (Å²) in [5, 5.41) is 14.4. The molecule has 0 aromatic heterocycles. The molecule has 0 radical (unpaired) electrons. The minimum absolute atomic E-state index is 0. The molecule has 0 spiro atoms. The monoisotopic (exact) mass is 476 g/mol. The van der Waals surface area contributed by atoms with Crippen molar-refractivity contribution in [1.29, 1.82) is 0 Å². The fourth-order valence-electron chi connectivity index (χ4n) is 3.40. The Labute approximate surface area is 174 Å². The lowest BCUT2D eigenvalue weighted by molar-refractivity contribution is -0.00000705. The molecule has 0 unspecified atom stereocenters. The Morgan fingerprint density at radius 2 is 0.962 bits per heavy atom. The van der Waals surface area contributed by atoms with Crippen molar-refractivity contribution < 1.29 is 29.1 Å². The second-order valence-corrected chi connectivity index (χ2v) is 10.3. The lowest BCUT2D eigenvalue weighted by atomic mass is 10.1. The quantitative estimate of drug-likeness (QED) is 0.416. The molecule has 2 atom stereocenters. The second-order valence-electron chi connectivity index (χ2n) is 6.72. The van der Waals surface area contributed by atoms with Crippen LogP contribution in [0.3, 0.4) is 0 Å². The van der Waals surface area contributed by atoms with Crippen molar-refractivity contribution in [3.63, 3.8) is 0 Å². The molecule has 0 fully saturated rings. The molecule has 0 aliphatic rings. The first-order chi connectivity index (χ1) is 12.1. The zero-order valence-corrected chi connectivity index (χ0v) is 18.3. The van der Waals surface area contributed by atoms with Crippen LogP contribution in [-0.2, 0) is 0 Å². The predicted octanol–water partition coefficient (Wildman–Crippen LogP) is 1.00. The first kappa shape index (κ1) is 21.1. The van der Waals surface area contributed by atoms with E-state index >= 15 is 0 Å². The molecule has 3 aromatic carbocycles. The van der Waals surface area contributed by atoms with E-state index in [1.807, 2.05) is 6.92 Å². The number of aliphatic hydroxyl groups is 1. The van der Waals surface area contributed by atoms with Crippen LogP contribution in [0, 0.1) is 5.92 Å². The Balaban J connectivity index is 0.00000243. The number of rotatable bonds is 6. The van der Waals surface area contributed by atoms with Crippen LogP contribution in [0.2, 0.25) is 0 Å². The van der Waals surface area contributed by atoms with Gasteiger partial charge in [0.15, 0.2) is 0 Å². The Morgan fingerprint density at radius 3 is 1.23 bits per heavy atom. The molecule has 0 aliphatic heterocycles. The molecular formula is C23H26IOP. The van der Waals surface area contributed by atoms with Crippen molar-refractivity contribution in [3.05, 3.63) is 91.0 Å². The van der Waals surface area contributed by atoms with Gasteiger partial charge < -0.3 is 29.1 Å². The van der Waals surface area contributed by atoms with E-state index in [-0.39, 0.29) is 36.0 Å². The van der Waals surface area contributed by atoms with Crippen LogP contribution in [0.1, 0.15) is 13.8 Å². The molecule has 1 N–H and O–H groups in total. The molecule has 3 aromatic rings. The molecule has 0 aliphatic carbocycles. The van der Waals surface area contributed by atoms with Crippen LogP contribution in [0.15, 0.2) is 91.0 Å². The van der Waals surface area contributed by atoms with Gasteiger partial charge in [0.05, 0.1) is 12.3 Å². The minimum atomic E-state index is -1.82.